The number of nitrogens with one attached hydrogen (secondary N) is 1. The molecule has 0 spiro atoms. The van der Waals surface area contributed by atoms with Gasteiger partial charge < -0.3 is 19.2 Å². The summed E-state index contributed by atoms with van der Waals surface area (Å²) in [4.78, 5) is 22.5. The monoisotopic (exact) mass is 227 g/mol. The third-order valence-electron chi connectivity index (χ3n) is 1.92. The lowest BCUT2D eigenvalue weighted by Crippen LogP contribution is -2.34. The van der Waals surface area contributed by atoms with Crippen molar-refractivity contribution in [3.8, 4) is 0 Å². The molecule has 6 nitrogen and oxygen atoms in total. The van der Waals surface area contributed by atoms with Gasteiger partial charge in [-0.3, -0.25) is 0 Å². The van der Waals surface area contributed by atoms with Crippen LogP contribution in [0.4, 0.5) is 4.79 Å². The first-order valence-electron chi connectivity index (χ1n) is 4.55. The normalized spacial score (nSPS) is 11.7. The lowest BCUT2D eigenvalue weighted by molar-refractivity contribution is -0.143. The number of carbonyl (C=O) groups is 2. The highest BCUT2D eigenvalue weighted by molar-refractivity contribution is 5.82. The second-order valence-corrected chi connectivity index (χ2v) is 3.12. The molecule has 1 atom stereocenters. The molecule has 1 amide bonds. The van der Waals surface area contributed by atoms with Gasteiger partial charge in [0.2, 0.25) is 0 Å². The van der Waals surface area contributed by atoms with E-state index in [9.17, 15) is 9.59 Å². The molecule has 16 heavy (non-hydrogen) atoms. The molecule has 0 fully saturated rings. The maximum atomic E-state index is 11.4. The highest BCUT2D eigenvalue weighted by Crippen LogP contribution is 2.17. The summed E-state index contributed by atoms with van der Waals surface area (Å²) < 4.78 is 14.1. The largest absolute Gasteiger partial charge is 0.467 e. The molecule has 0 saturated carbocycles. The Kier molecular flexibility index (Phi) is 3.93. The van der Waals surface area contributed by atoms with E-state index in [-0.39, 0.29) is 0 Å². The second kappa shape index (κ2) is 5.20. The van der Waals surface area contributed by atoms with Gasteiger partial charge >= 0.3 is 12.1 Å². The minimum atomic E-state index is -0.994. The second-order valence-electron chi connectivity index (χ2n) is 3.12. The Balaban J connectivity index is 2.87. The first-order valence-corrected chi connectivity index (χ1v) is 4.55. The smallest absolute Gasteiger partial charge is 0.407 e. The first-order chi connectivity index (χ1) is 7.58. The van der Waals surface area contributed by atoms with Crippen LogP contribution < -0.4 is 5.32 Å². The molecule has 0 saturated heterocycles. The summed E-state index contributed by atoms with van der Waals surface area (Å²) in [6.07, 6.45) is 0.744. The zero-order chi connectivity index (χ0) is 12.1. The molecule has 0 bridgehead atoms. The van der Waals surface area contributed by atoms with Gasteiger partial charge in [-0.05, 0) is 18.6 Å². The van der Waals surface area contributed by atoms with Crippen molar-refractivity contribution in [3.05, 3.63) is 23.7 Å². The van der Waals surface area contributed by atoms with E-state index in [2.05, 4.69) is 14.8 Å². The van der Waals surface area contributed by atoms with Gasteiger partial charge in [-0.1, -0.05) is 0 Å². The van der Waals surface area contributed by atoms with Gasteiger partial charge in [-0.2, -0.15) is 0 Å². The molecule has 0 aliphatic heterocycles. The number of furan rings is 1. The highest BCUT2D eigenvalue weighted by atomic mass is 16.5. The molecule has 1 heterocycles. The molecular weight excluding hydrogens is 214 g/mol. The molecule has 0 aliphatic rings. The van der Waals surface area contributed by atoms with Crippen LogP contribution in [-0.4, -0.2) is 26.3 Å². The Morgan fingerprint density at radius 1 is 1.38 bits per heavy atom. The Hall–Kier alpha value is -1.98. The van der Waals surface area contributed by atoms with Gasteiger partial charge in [0, 0.05) is 0 Å². The van der Waals surface area contributed by atoms with Crippen molar-refractivity contribution in [1.82, 2.24) is 5.32 Å². The molecule has 6 heteroatoms. The molecule has 1 N–H and O–H groups in total. The highest BCUT2D eigenvalue weighted by Gasteiger charge is 2.26. The molecule has 0 aliphatic carbocycles. The summed E-state index contributed by atoms with van der Waals surface area (Å²) in [6.45, 7) is 1.81. The third kappa shape index (κ3) is 2.75. The van der Waals surface area contributed by atoms with E-state index in [1.54, 1.807) is 13.0 Å². The molecule has 0 aromatic carbocycles. The summed E-state index contributed by atoms with van der Waals surface area (Å²) in [6, 6.07) is 0.642. The molecular formula is C10H13NO5. The van der Waals surface area contributed by atoms with E-state index in [1.807, 2.05) is 0 Å². The van der Waals surface area contributed by atoms with Crippen LogP contribution in [-0.2, 0) is 14.3 Å². The van der Waals surface area contributed by atoms with Gasteiger partial charge in [0.25, 0.3) is 0 Å². The van der Waals surface area contributed by atoms with Crippen molar-refractivity contribution in [2.75, 3.05) is 14.2 Å². The van der Waals surface area contributed by atoms with Crippen molar-refractivity contribution >= 4 is 12.1 Å². The summed E-state index contributed by atoms with van der Waals surface area (Å²) in [5.74, 6) is -0.325. The van der Waals surface area contributed by atoms with Crippen LogP contribution in [0.2, 0.25) is 0 Å². The van der Waals surface area contributed by atoms with Crippen molar-refractivity contribution in [1.29, 1.82) is 0 Å². The molecule has 0 radical (unpaired) electrons. The van der Waals surface area contributed by atoms with E-state index in [0.717, 1.165) is 5.56 Å². The van der Waals surface area contributed by atoms with E-state index < -0.39 is 18.1 Å². The third-order valence-corrected chi connectivity index (χ3v) is 1.92. The predicted molar refractivity (Wildman–Crippen MR) is 53.7 cm³/mol. The van der Waals surface area contributed by atoms with Crippen molar-refractivity contribution in [2.45, 2.75) is 13.0 Å². The average Bonchev–Trinajstić information content (AvgIpc) is 2.71. The lowest BCUT2D eigenvalue weighted by atomic mass is 10.2. The number of carbonyl (C=O) groups excluding carboxylic acids is 2. The topological polar surface area (TPSA) is 77.8 Å². The number of rotatable bonds is 3. The number of esters is 1. The summed E-state index contributed by atoms with van der Waals surface area (Å²) in [7, 11) is 2.43. The molecule has 88 valence electrons. The standard InChI is InChI=1S/C10H13NO5/c1-6-4-7(16-5-6)8(9(12)14-2)11-10(13)15-3/h4-5,8H,1-3H3,(H,11,13). The average molecular weight is 227 g/mol. The predicted octanol–water partition coefficient (Wildman–Crippen LogP) is 1.16. The van der Waals surface area contributed by atoms with Gasteiger partial charge in [-0.15, -0.1) is 0 Å². The SMILES string of the molecule is COC(=O)NC(C(=O)OC)c1cc(C)co1. The van der Waals surface area contributed by atoms with Crippen LogP contribution in [0.1, 0.15) is 17.4 Å². The number of aryl methyl sites for hydroxylation is 1. The van der Waals surface area contributed by atoms with E-state index in [4.69, 9.17) is 4.42 Å². The summed E-state index contributed by atoms with van der Waals surface area (Å²) >= 11 is 0. The Morgan fingerprint density at radius 2 is 2.06 bits per heavy atom. The summed E-state index contributed by atoms with van der Waals surface area (Å²) in [5.41, 5.74) is 0.843. The van der Waals surface area contributed by atoms with Gasteiger partial charge in [-0.25, -0.2) is 9.59 Å². The van der Waals surface area contributed by atoms with Crippen LogP contribution in [0.25, 0.3) is 0 Å². The number of ether oxygens (including phenoxy) is 2. The molecule has 1 rings (SSSR count). The Bertz CT molecular complexity index is 384. The fraction of sp³-hybridized carbons (Fsp3) is 0.400. The Labute approximate surface area is 92.5 Å². The fourth-order valence-electron chi connectivity index (χ4n) is 1.15. The van der Waals surface area contributed by atoms with Crippen molar-refractivity contribution in [2.24, 2.45) is 0 Å². The van der Waals surface area contributed by atoms with E-state index in [0.29, 0.717) is 5.76 Å². The first kappa shape index (κ1) is 12.1. The molecule has 1 aromatic rings. The van der Waals surface area contributed by atoms with Gasteiger partial charge in [0.15, 0.2) is 6.04 Å². The number of hydrogen-bond donors (Lipinski definition) is 1. The van der Waals surface area contributed by atoms with Crippen LogP contribution in [0.3, 0.4) is 0 Å². The summed E-state index contributed by atoms with van der Waals surface area (Å²) in [5, 5.41) is 2.32. The van der Waals surface area contributed by atoms with Crippen molar-refractivity contribution in [3.63, 3.8) is 0 Å². The lowest BCUT2D eigenvalue weighted by Gasteiger charge is -2.12. The number of hydrogen-bond acceptors (Lipinski definition) is 5. The van der Waals surface area contributed by atoms with Crippen LogP contribution >= 0.6 is 0 Å². The van der Waals surface area contributed by atoms with E-state index in [1.165, 1.54) is 20.5 Å². The van der Waals surface area contributed by atoms with Gasteiger partial charge in [0.1, 0.15) is 5.76 Å². The fourth-order valence-corrected chi connectivity index (χ4v) is 1.15. The zero-order valence-corrected chi connectivity index (χ0v) is 9.27. The number of amides is 1. The van der Waals surface area contributed by atoms with Crippen LogP contribution in [0.5, 0.6) is 0 Å². The minimum Gasteiger partial charge on any atom is -0.467 e. The minimum absolute atomic E-state index is 0.301. The number of methoxy groups -OCH3 is 2. The van der Waals surface area contributed by atoms with Crippen molar-refractivity contribution < 1.29 is 23.5 Å². The zero-order valence-electron chi connectivity index (χ0n) is 9.27. The molecule has 1 unspecified atom stereocenters. The number of alkyl carbamates (subject to hydrolysis) is 1. The quantitative estimate of drug-likeness (QED) is 0.784. The van der Waals surface area contributed by atoms with Crippen LogP contribution in [0, 0.1) is 6.92 Å². The van der Waals surface area contributed by atoms with E-state index >= 15 is 0 Å². The van der Waals surface area contributed by atoms with Gasteiger partial charge in [0.05, 0.1) is 20.5 Å². The maximum absolute atomic E-state index is 11.4. The molecule has 1 aromatic heterocycles. The maximum Gasteiger partial charge on any atom is 0.407 e. The Morgan fingerprint density at radius 3 is 2.50 bits per heavy atom. The van der Waals surface area contributed by atoms with Crippen LogP contribution in [0.15, 0.2) is 16.7 Å².